The van der Waals surface area contributed by atoms with E-state index in [-0.39, 0.29) is 11.6 Å². The summed E-state index contributed by atoms with van der Waals surface area (Å²) in [6.07, 6.45) is 0. The van der Waals surface area contributed by atoms with Crippen molar-refractivity contribution in [1.82, 2.24) is 9.13 Å². The van der Waals surface area contributed by atoms with E-state index in [1.54, 1.807) is 0 Å². The van der Waals surface area contributed by atoms with Crippen molar-refractivity contribution in [2.45, 2.75) is 0 Å². The molecule has 0 bridgehead atoms. The standard InChI is InChI=1S/C80H52F2N4/c81-58-33-43-63(44-34-58)85-75-25-13-11-19-67(75)73-51-65(47-49-77(73)85)83(60-37-27-55(28-38-60)53-15-3-1-4-16-53)61-41-31-57(32-42-61)79-69-21-7-9-23-71(69)80(72-24-10-8-22-70(72)79)84(62-39-29-56(30-40-62)54-17-5-2-6-18-54)66-48-50-78-74(52-66)68-20-12-14-26-76(68)86(78)64-45-35-59(82)36-46-64/h1-52H. The van der Waals surface area contributed by atoms with Gasteiger partial charge in [0.25, 0.3) is 0 Å². The Morgan fingerprint density at radius 2 is 0.535 bits per heavy atom. The van der Waals surface area contributed by atoms with Gasteiger partial charge in [-0.25, -0.2) is 8.78 Å². The molecule has 0 unspecified atom stereocenters. The smallest absolute Gasteiger partial charge is 0.123 e. The molecule has 4 nitrogen and oxygen atoms in total. The van der Waals surface area contributed by atoms with E-state index in [1.165, 1.54) is 24.3 Å². The predicted molar refractivity (Wildman–Crippen MR) is 356 cm³/mol. The van der Waals surface area contributed by atoms with Gasteiger partial charge in [-0.05, 0) is 178 Å². The minimum atomic E-state index is -0.266. The highest BCUT2D eigenvalue weighted by Crippen LogP contribution is 2.50. The quantitative estimate of drug-likeness (QED) is 0.120. The molecular formula is C80H52F2N4. The van der Waals surface area contributed by atoms with Gasteiger partial charge in [-0.3, -0.25) is 0 Å². The Labute approximate surface area is 496 Å². The molecule has 0 spiro atoms. The third-order valence-corrected chi connectivity index (χ3v) is 17.0. The second-order valence-corrected chi connectivity index (χ2v) is 21.9. The normalized spacial score (nSPS) is 11.6. The molecule has 0 N–H and O–H groups in total. The number of nitrogens with zero attached hydrogens (tertiary/aromatic N) is 4. The van der Waals surface area contributed by atoms with E-state index in [0.717, 1.165) is 144 Å². The van der Waals surface area contributed by atoms with Gasteiger partial charge in [-0.2, -0.15) is 0 Å². The predicted octanol–water partition coefficient (Wildman–Crippen LogP) is 22.4. The lowest BCUT2D eigenvalue weighted by molar-refractivity contribution is 0.627. The third-order valence-electron chi connectivity index (χ3n) is 17.0. The minimum absolute atomic E-state index is 0.265. The molecule has 2 heterocycles. The summed E-state index contributed by atoms with van der Waals surface area (Å²) in [5, 5.41) is 8.90. The number of halogens is 2. The van der Waals surface area contributed by atoms with Gasteiger partial charge in [0, 0.05) is 72.1 Å². The molecule has 0 radical (unpaired) electrons. The van der Waals surface area contributed by atoms with Gasteiger partial charge >= 0.3 is 0 Å². The van der Waals surface area contributed by atoms with E-state index >= 15 is 0 Å². The van der Waals surface area contributed by atoms with Crippen LogP contribution in [0.25, 0.3) is 110 Å². The van der Waals surface area contributed by atoms with Crippen molar-refractivity contribution < 1.29 is 8.78 Å². The number of para-hydroxylation sites is 2. The van der Waals surface area contributed by atoms with Gasteiger partial charge in [0.15, 0.2) is 0 Å². The van der Waals surface area contributed by atoms with Crippen molar-refractivity contribution in [2.24, 2.45) is 0 Å². The first-order chi connectivity index (χ1) is 42.5. The van der Waals surface area contributed by atoms with Crippen molar-refractivity contribution in [2.75, 3.05) is 9.80 Å². The third kappa shape index (κ3) is 8.57. The molecule has 0 amide bonds. The van der Waals surface area contributed by atoms with Crippen LogP contribution in [0.2, 0.25) is 0 Å². The summed E-state index contributed by atoms with van der Waals surface area (Å²) in [7, 11) is 0. The molecule has 6 heteroatoms. The van der Waals surface area contributed by atoms with Crippen LogP contribution in [0.4, 0.5) is 42.9 Å². The highest BCUT2D eigenvalue weighted by atomic mass is 19.1. The van der Waals surface area contributed by atoms with Gasteiger partial charge in [0.2, 0.25) is 0 Å². The average molecular weight is 1110 g/mol. The van der Waals surface area contributed by atoms with E-state index in [2.05, 4.69) is 280 Å². The molecule has 0 aliphatic heterocycles. The summed E-state index contributed by atoms with van der Waals surface area (Å²) in [5.41, 5.74) is 19.0. The van der Waals surface area contributed by atoms with Gasteiger partial charge in [-0.1, -0.05) is 182 Å². The monoisotopic (exact) mass is 1110 g/mol. The number of benzene rings is 14. The lowest BCUT2D eigenvalue weighted by Crippen LogP contribution is -2.12. The fourth-order valence-corrected chi connectivity index (χ4v) is 13.1. The summed E-state index contributed by atoms with van der Waals surface area (Å²) < 4.78 is 33.2. The number of anilines is 6. The molecule has 2 aromatic heterocycles. The number of rotatable bonds is 11. The molecule has 0 aliphatic rings. The summed E-state index contributed by atoms with van der Waals surface area (Å²) in [4.78, 5) is 4.78. The van der Waals surface area contributed by atoms with Crippen LogP contribution in [0.5, 0.6) is 0 Å². The first-order valence-corrected chi connectivity index (χ1v) is 29.0. The van der Waals surface area contributed by atoms with Gasteiger partial charge < -0.3 is 18.9 Å². The molecule has 0 atom stereocenters. The Morgan fingerprint density at radius 3 is 0.965 bits per heavy atom. The second kappa shape index (κ2) is 20.8. The largest absolute Gasteiger partial charge is 0.310 e. The van der Waals surface area contributed by atoms with Crippen LogP contribution >= 0.6 is 0 Å². The van der Waals surface area contributed by atoms with Crippen molar-refractivity contribution in [1.29, 1.82) is 0 Å². The van der Waals surface area contributed by atoms with Gasteiger partial charge in [0.1, 0.15) is 11.6 Å². The van der Waals surface area contributed by atoms with Crippen LogP contribution in [-0.2, 0) is 0 Å². The zero-order valence-electron chi connectivity index (χ0n) is 46.6. The molecule has 16 aromatic rings. The fraction of sp³-hybridized carbons (Fsp3) is 0. The second-order valence-electron chi connectivity index (χ2n) is 21.9. The zero-order valence-corrected chi connectivity index (χ0v) is 46.6. The van der Waals surface area contributed by atoms with E-state index in [1.807, 2.05) is 30.3 Å². The zero-order chi connectivity index (χ0) is 57.2. The highest BCUT2D eigenvalue weighted by Gasteiger charge is 2.25. The summed E-state index contributed by atoms with van der Waals surface area (Å²) in [6, 6.07) is 109. The average Bonchev–Trinajstić information content (AvgIpc) is 1.27. The van der Waals surface area contributed by atoms with E-state index < -0.39 is 0 Å². The van der Waals surface area contributed by atoms with E-state index in [4.69, 9.17) is 0 Å². The van der Waals surface area contributed by atoms with Crippen molar-refractivity contribution in [3.63, 3.8) is 0 Å². The molecule has 0 saturated carbocycles. The Morgan fingerprint density at radius 1 is 0.221 bits per heavy atom. The Bertz CT molecular complexity index is 5150. The Kier molecular flexibility index (Phi) is 12.2. The first kappa shape index (κ1) is 50.4. The number of aromatic nitrogens is 2. The van der Waals surface area contributed by atoms with E-state index in [0.29, 0.717) is 0 Å². The summed E-state index contributed by atoms with van der Waals surface area (Å²) >= 11 is 0. The van der Waals surface area contributed by atoms with Gasteiger partial charge in [-0.15, -0.1) is 0 Å². The SMILES string of the molecule is Fc1ccc(-n2c3ccccc3c3cc(N(c4ccc(-c5ccccc5)cc4)c4ccc(-c5c6ccccc6c(N(c6ccc(-c7ccccc7)cc6)c6ccc7c(c6)c6ccccc6n7-c6ccc(F)cc6)c6ccccc56)cc4)ccc32)cc1. The van der Waals surface area contributed by atoms with Crippen LogP contribution in [0.1, 0.15) is 0 Å². The Balaban J connectivity index is 0.865. The van der Waals surface area contributed by atoms with Crippen LogP contribution in [0.15, 0.2) is 315 Å². The maximum atomic E-state index is 14.4. The lowest BCUT2D eigenvalue weighted by atomic mass is 9.89. The molecular weight excluding hydrogens is 1050 g/mol. The summed E-state index contributed by atoms with van der Waals surface area (Å²) in [5.74, 6) is -0.531. The van der Waals surface area contributed by atoms with Crippen molar-refractivity contribution in [3.05, 3.63) is 327 Å². The molecule has 0 saturated heterocycles. The lowest BCUT2D eigenvalue weighted by Gasteiger charge is -2.30. The van der Waals surface area contributed by atoms with Crippen LogP contribution in [0, 0.1) is 11.6 Å². The van der Waals surface area contributed by atoms with Crippen LogP contribution in [0.3, 0.4) is 0 Å². The topological polar surface area (TPSA) is 16.3 Å². The van der Waals surface area contributed by atoms with Crippen molar-refractivity contribution in [3.8, 4) is 44.8 Å². The highest BCUT2D eigenvalue weighted by molar-refractivity contribution is 6.23. The molecule has 16 rings (SSSR count). The number of hydrogen-bond donors (Lipinski definition) is 0. The molecule has 0 fully saturated rings. The van der Waals surface area contributed by atoms with Gasteiger partial charge in [0.05, 0.1) is 27.8 Å². The number of hydrogen-bond acceptors (Lipinski definition) is 2. The van der Waals surface area contributed by atoms with Crippen LogP contribution < -0.4 is 9.80 Å². The van der Waals surface area contributed by atoms with Crippen LogP contribution in [-0.4, -0.2) is 9.13 Å². The molecule has 406 valence electrons. The first-order valence-electron chi connectivity index (χ1n) is 29.0. The van der Waals surface area contributed by atoms with E-state index in [9.17, 15) is 8.78 Å². The minimum Gasteiger partial charge on any atom is -0.310 e. The molecule has 0 aliphatic carbocycles. The summed E-state index contributed by atoms with van der Waals surface area (Å²) in [6.45, 7) is 0. The molecule has 86 heavy (non-hydrogen) atoms. The maximum absolute atomic E-state index is 14.4. The fourth-order valence-electron chi connectivity index (χ4n) is 13.1. The van der Waals surface area contributed by atoms with Crippen molar-refractivity contribution >= 4 is 99.3 Å². The maximum Gasteiger partial charge on any atom is 0.123 e. The number of fused-ring (bicyclic) bond motifs is 8. The Hall–Kier alpha value is -11.3. The molecule has 14 aromatic carbocycles.